The van der Waals surface area contributed by atoms with Gasteiger partial charge in [-0.15, -0.1) is 0 Å². The van der Waals surface area contributed by atoms with Gasteiger partial charge >= 0.3 is 0 Å². The maximum absolute atomic E-state index is 2.43. The molecule has 2 heteroatoms. The fourth-order valence-corrected chi connectivity index (χ4v) is 10.1. The van der Waals surface area contributed by atoms with E-state index in [2.05, 4.69) is 258 Å². The molecule has 0 bridgehead atoms. The van der Waals surface area contributed by atoms with Crippen LogP contribution in [0.2, 0.25) is 0 Å². The van der Waals surface area contributed by atoms with Crippen LogP contribution in [-0.4, -0.2) is 4.57 Å². The molecule has 0 fully saturated rings. The van der Waals surface area contributed by atoms with E-state index in [1.807, 2.05) is 0 Å². The van der Waals surface area contributed by atoms with Gasteiger partial charge in [-0.1, -0.05) is 182 Å². The van der Waals surface area contributed by atoms with Crippen molar-refractivity contribution >= 4 is 55.7 Å². The number of hydrogen-bond acceptors (Lipinski definition) is 1. The summed E-state index contributed by atoms with van der Waals surface area (Å²) in [5.74, 6) is 0.323. The van der Waals surface area contributed by atoms with Crippen molar-refractivity contribution < 1.29 is 0 Å². The Bertz CT molecular complexity index is 3500. The number of rotatable bonds is 8. The van der Waals surface area contributed by atoms with Gasteiger partial charge in [0.15, 0.2) is 0 Å². The molecule has 12 rings (SSSR count). The number of fused-ring (bicyclic) bond motifs is 5. The third kappa shape index (κ3) is 6.60. The molecule has 0 saturated carbocycles. The summed E-state index contributed by atoms with van der Waals surface area (Å²) in [4.78, 5) is 2.42. The van der Waals surface area contributed by atoms with Crippen molar-refractivity contribution in [1.29, 1.82) is 0 Å². The van der Waals surface area contributed by atoms with E-state index in [0.29, 0.717) is 5.92 Å². The highest BCUT2D eigenvalue weighted by atomic mass is 15.1. The lowest BCUT2D eigenvalue weighted by molar-refractivity contribution is 0.819. The van der Waals surface area contributed by atoms with E-state index in [1.54, 1.807) is 0 Å². The molecule has 1 aliphatic carbocycles. The van der Waals surface area contributed by atoms with Crippen LogP contribution in [0.4, 0.5) is 17.1 Å². The highest BCUT2D eigenvalue weighted by Gasteiger charge is 2.22. The molecule has 0 spiro atoms. The summed E-state index contributed by atoms with van der Waals surface area (Å²) in [6.45, 7) is 0. The molecule has 0 N–H and O–H groups in total. The molecular weight excluding hydrogens is 773 g/mol. The number of allylic oxidation sites excluding steroid dienone is 1. The summed E-state index contributed by atoms with van der Waals surface area (Å²) in [6, 6.07) is 86.7. The van der Waals surface area contributed by atoms with Gasteiger partial charge in [-0.25, -0.2) is 0 Å². The van der Waals surface area contributed by atoms with E-state index >= 15 is 0 Å². The van der Waals surface area contributed by atoms with Gasteiger partial charge < -0.3 is 9.47 Å². The normalized spacial score (nSPS) is 13.3. The number of anilines is 3. The van der Waals surface area contributed by atoms with Crippen LogP contribution in [0.3, 0.4) is 0 Å². The van der Waals surface area contributed by atoms with Gasteiger partial charge in [0.1, 0.15) is 0 Å². The Morgan fingerprint density at radius 3 is 1.89 bits per heavy atom. The summed E-state index contributed by atoms with van der Waals surface area (Å²) >= 11 is 0. The summed E-state index contributed by atoms with van der Waals surface area (Å²) in [5.41, 5.74) is 18.0. The minimum absolute atomic E-state index is 0.323. The number of para-hydroxylation sites is 2. The van der Waals surface area contributed by atoms with Crippen LogP contribution >= 0.6 is 0 Å². The molecule has 1 atom stereocenters. The van der Waals surface area contributed by atoms with Crippen molar-refractivity contribution in [2.75, 3.05) is 4.90 Å². The molecular formula is C62H44N2. The molecule has 11 aromatic rings. The highest BCUT2D eigenvalue weighted by Crippen LogP contribution is 2.45. The van der Waals surface area contributed by atoms with E-state index in [4.69, 9.17) is 0 Å². The van der Waals surface area contributed by atoms with E-state index < -0.39 is 0 Å². The first-order valence-electron chi connectivity index (χ1n) is 22.3. The molecule has 1 aliphatic rings. The molecule has 10 aromatic carbocycles. The molecule has 0 aliphatic heterocycles. The van der Waals surface area contributed by atoms with E-state index in [9.17, 15) is 0 Å². The SMILES string of the molecule is C1=Cc2ccccc2C(c2ccc(N(c3ccc(-c4cccc5ccccc45)cc3)c3cccc(-c4cc(-c5ccccc5)cc5c4c4ccccc4n5-c4ccccc4)c3)cc2)C1. The molecule has 0 amide bonds. The molecule has 1 aromatic heterocycles. The minimum atomic E-state index is 0.323. The van der Waals surface area contributed by atoms with Gasteiger partial charge in [-0.2, -0.15) is 0 Å². The summed E-state index contributed by atoms with van der Waals surface area (Å²) in [7, 11) is 0. The first kappa shape index (κ1) is 37.6. The largest absolute Gasteiger partial charge is 0.310 e. The Morgan fingerprint density at radius 1 is 0.406 bits per heavy atom. The summed E-state index contributed by atoms with van der Waals surface area (Å²) in [6.07, 6.45) is 5.58. The number of hydrogen-bond donors (Lipinski definition) is 0. The van der Waals surface area contributed by atoms with Crippen molar-refractivity contribution in [1.82, 2.24) is 4.57 Å². The van der Waals surface area contributed by atoms with E-state index in [1.165, 1.54) is 77.1 Å². The van der Waals surface area contributed by atoms with Gasteiger partial charge in [0.05, 0.1) is 11.0 Å². The molecule has 64 heavy (non-hydrogen) atoms. The Balaban J connectivity index is 1.03. The third-order valence-electron chi connectivity index (χ3n) is 13.1. The van der Waals surface area contributed by atoms with Crippen LogP contribution in [0, 0.1) is 0 Å². The maximum Gasteiger partial charge on any atom is 0.0553 e. The zero-order valence-corrected chi connectivity index (χ0v) is 35.4. The average molecular weight is 817 g/mol. The van der Waals surface area contributed by atoms with Gasteiger partial charge in [-0.05, 0) is 134 Å². The quantitative estimate of drug-likeness (QED) is 0.148. The lowest BCUT2D eigenvalue weighted by atomic mass is 9.82. The monoisotopic (exact) mass is 816 g/mol. The van der Waals surface area contributed by atoms with Crippen molar-refractivity contribution in [3.8, 4) is 39.1 Å². The van der Waals surface area contributed by atoms with Crippen LogP contribution in [0.25, 0.3) is 77.7 Å². The molecule has 1 unspecified atom stereocenters. The topological polar surface area (TPSA) is 8.17 Å². The average Bonchev–Trinajstić information content (AvgIpc) is 3.71. The second-order valence-corrected chi connectivity index (χ2v) is 16.8. The van der Waals surface area contributed by atoms with Gasteiger partial charge in [0.2, 0.25) is 0 Å². The maximum atomic E-state index is 2.43. The predicted molar refractivity (Wildman–Crippen MR) is 271 cm³/mol. The molecule has 0 radical (unpaired) electrons. The Morgan fingerprint density at radius 2 is 1.06 bits per heavy atom. The Hall–Kier alpha value is -8.20. The predicted octanol–water partition coefficient (Wildman–Crippen LogP) is 17.0. The second-order valence-electron chi connectivity index (χ2n) is 16.8. The third-order valence-corrected chi connectivity index (χ3v) is 13.1. The van der Waals surface area contributed by atoms with Crippen LogP contribution in [0.5, 0.6) is 0 Å². The van der Waals surface area contributed by atoms with E-state index in [-0.39, 0.29) is 0 Å². The summed E-state index contributed by atoms with van der Waals surface area (Å²) in [5, 5.41) is 4.98. The molecule has 302 valence electrons. The lowest BCUT2D eigenvalue weighted by Gasteiger charge is -2.28. The van der Waals surface area contributed by atoms with Gasteiger partial charge in [0.25, 0.3) is 0 Å². The number of benzene rings is 10. The van der Waals surface area contributed by atoms with Crippen molar-refractivity contribution in [3.63, 3.8) is 0 Å². The molecule has 1 heterocycles. The molecule has 2 nitrogen and oxygen atoms in total. The van der Waals surface area contributed by atoms with Crippen LogP contribution < -0.4 is 4.90 Å². The van der Waals surface area contributed by atoms with Gasteiger partial charge in [0, 0.05) is 39.4 Å². The molecule has 0 saturated heterocycles. The lowest BCUT2D eigenvalue weighted by Crippen LogP contribution is -2.11. The zero-order valence-electron chi connectivity index (χ0n) is 35.4. The summed E-state index contributed by atoms with van der Waals surface area (Å²) < 4.78 is 2.43. The Kier molecular flexibility index (Phi) is 9.34. The van der Waals surface area contributed by atoms with Crippen LogP contribution in [0.1, 0.15) is 29.0 Å². The fraction of sp³-hybridized carbons (Fsp3) is 0.0323. The minimum Gasteiger partial charge on any atom is -0.310 e. The fourth-order valence-electron chi connectivity index (χ4n) is 10.1. The van der Waals surface area contributed by atoms with E-state index in [0.717, 1.165) is 34.7 Å². The second kappa shape index (κ2) is 15.9. The van der Waals surface area contributed by atoms with Crippen LogP contribution in [-0.2, 0) is 0 Å². The van der Waals surface area contributed by atoms with Crippen molar-refractivity contribution in [2.45, 2.75) is 12.3 Å². The van der Waals surface area contributed by atoms with Crippen molar-refractivity contribution in [3.05, 3.63) is 259 Å². The number of aromatic nitrogens is 1. The first-order chi connectivity index (χ1) is 31.7. The zero-order chi connectivity index (χ0) is 42.4. The first-order valence-corrected chi connectivity index (χ1v) is 22.3. The standard InChI is InChI=1S/C62H44N2/c1-3-16-43(17-4-1)49-41-59(62-58-28-11-12-31-60(58)64(61(62)42-49)50-23-5-2-6-24-50)48-22-13-25-53(40-48)63(51-36-32-46(33-37-51)56-29-14-20-44-18-7-9-26-54(44)56)52-38-34-47(35-39-52)57-30-15-21-45-19-8-10-27-55(45)57/h1-29,31-42,57H,30H2. The smallest absolute Gasteiger partial charge is 0.0553 e. The number of nitrogens with zero attached hydrogens (tertiary/aromatic N) is 2. The Labute approximate surface area is 374 Å². The van der Waals surface area contributed by atoms with Gasteiger partial charge in [-0.3, -0.25) is 0 Å². The van der Waals surface area contributed by atoms with Crippen LogP contribution in [0.15, 0.2) is 243 Å². The van der Waals surface area contributed by atoms with Crippen molar-refractivity contribution in [2.24, 2.45) is 0 Å². The highest BCUT2D eigenvalue weighted by molar-refractivity contribution is 6.17.